The van der Waals surface area contributed by atoms with Crippen LogP contribution >= 0.6 is 0 Å². The molecule has 1 N–H and O–H groups in total. The highest BCUT2D eigenvalue weighted by Crippen LogP contribution is 2.32. The van der Waals surface area contributed by atoms with Gasteiger partial charge in [-0.2, -0.15) is 0 Å². The molecule has 2 rings (SSSR count). The Morgan fingerprint density at radius 1 is 1.42 bits per heavy atom. The lowest BCUT2D eigenvalue weighted by atomic mass is 9.82. The lowest BCUT2D eigenvalue weighted by molar-refractivity contribution is -0.419. The number of nitrogens with one attached hydrogen (secondary N) is 1. The highest BCUT2D eigenvalue weighted by Gasteiger charge is 2.31. The fourth-order valence-corrected chi connectivity index (χ4v) is 2.10. The molecular formula is C13H13N3O3. The second kappa shape index (κ2) is 5.43. The molecule has 1 aromatic heterocycles. The minimum absolute atomic E-state index is 0.0566. The number of amides is 1. The Kier molecular flexibility index (Phi) is 3.70. The summed E-state index contributed by atoms with van der Waals surface area (Å²) in [4.78, 5) is 26.1. The predicted octanol–water partition coefficient (Wildman–Crippen LogP) is 1.26. The molecule has 6 nitrogen and oxygen atoms in total. The molecule has 0 aromatic carbocycles. The van der Waals surface area contributed by atoms with Crippen LogP contribution in [0.25, 0.3) is 0 Å². The van der Waals surface area contributed by atoms with Gasteiger partial charge in [0.25, 0.3) is 5.70 Å². The van der Waals surface area contributed by atoms with E-state index in [1.165, 1.54) is 19.2 Å². The maximum atomic E-state index is 11.9. The number of hydrogen-bond acceptors (Lipinski definition) is 4. The summed E-state index contributed by atoms with van der Waals surface area (Å²) in [6, 6.07) is 3.60. The number of pyridine rings is 1. The summed E-state index contributed by atoms with van der Waals surface area (Å²) in [6.07, 6.45) is 7.79. The lowest BCUT2D eigenvalue weighted by Crippen LogP contribution is -2.31. The average Bonchev–Trinajstić information content (AvgIpc) is 2.46. The summed E-state index contributed by atoms with van der Waals surface area (Å²) in [7, 11) is 1.52. The molecule has 1 aliphatic rings. The number of nitro groups is 1. The van der Waals surface area contributed by atoms with E-state index >= 15 is 0 Å². The maximum Gasteiger partial charge on any atom is 0.266 e. The van der Waals surface area contributed by atoms with Crippen LogP contribution in [-0.2, 0) is 4.79 Å². The van der Waals surface area contributed by atoms with E-state index in [1.54, 1.807) is 30.6 Å². The Labute approximate surface area is 110 Å². The Bertz CT molecular complexity index is 552. The van der Waals surface area contributed by atoms with Crippen molar-refractivity contribution in [1.29, 1.82) is 0 Å². The molecule has 6 heteroatoms. The highest BCUT2D eigenvalue weighted by molar-refractivity contribution is 5.82. The predicted molar refractivity (Wildman–Crippen MR) is 68.8 cm³/mol. The fraction of sp³-hybridized carbons (Fsp3) is 0.231. The third kappa shape index (κ3) is 2.67. The van der Waals surface area contributed by atoms with Crippen molar-refractivity contribution in [3.8, 4) is 0 Å². The standard InChI is InChI=1S/C13H13N3O3/c1-14-13(17)12-8-10(16(18)19)2-3-11(12)9-4-6-15-7-5-9/h2-8,11-12H,1H3,(H,14,17). The first kappa shape index (κ1) is 12.9. The van der Waals surface area contributed by atoms with Crippen LogP contribution in [0.4, 0.5) is 0 Å². The highest BCUT2D eigenvalue weighted by atomic mass is 16.6. The molecule has 0 spiro atoms. The zero-order valence-corrected chi connectivity index (χ0v) is 10.3. The van der Waals surface area contributed by atoms with Gasteiger partial charge < -0.3 is 5.32 Å². The summed E-state index contributed by atoms with van der Waals surface area (Å²) in [6.45, 7) is 0. The molecule has 98 valence electrons. The van der Waals surface area contributed by atoms with Crippen molar-refractivity contribution in [3.63, 3.8) is 0 Å². The summed E-state index contributed by atoms with van der Waals surface area (Å²) >= 11 is 0. The zero-order valence-electron chi connectivity index (χ0n) is 10.3. The second-order valence-corrected chi connectivity index (χ2v) is 4.15. The van der Waals surface area contributed by atoms with E-state index in [0.29, 0.717) is 0 Å². The fourth-order valence-electron chi connectivity index (χ4n) is 2.10. The third-order valence-corrected chi connectivity index (χ3v) is 3.06. The normalized spacial score (nSPS) is 21.6. The zero-order chi connectivity index (χ0) is 13.8. The van der Waals surface area contributed by atoms with Gasteiger partial charge in [0.2, 0.25) is 5.91 Å². The van der Waals surface area contributed by atoms with Gasteiger partial charge in [-0.1, -0.05) is 6.08 Å². The number of rotatable bonds is 3. The molecule has 1 heterocycles. The summed E-state index contributed by atoms with van der Waals surface area (Å²) < 4.78 is 0. The van der Waals surface area contributed by atoms with Crippen molar-refractivity contribution in [2.24, 2.45) is 5.92 Å². The van der Waals surface area contributed by atoms with Crippen LogP contribution in [-0.4, -0.2) is 22.9 Å². The average molecular weight is 259 g/mol. The molecule has 1 aliphatic carbocycles. The van der Waals surface area contributed by atoms with Crippen LogP contribution in [0.5, 0.6) is 0 Å². The number of allylic oxidation sites excluding steroid dienone is 2. The minimum atomic E-state index is -0.585. The molecule has 1 amide bonds. The van der Waals surface area contributed by atoms with Gasteiger partial charge in [-0.25, -0.2) is 0 Å². The number of carbonyl (C=O) groups is 1. The van der Waals surface area contributed by atoms with Gasteiger partial charge in [0.1, 0.15) is 0 Å². The summed E-state index contributed by atoms with van der Waals surface area (Å²) in [5.41, 5.74) is 0.845. The Morgan fingerprint density at radius 3 is 2.68 bits per heavy atom. The van der Waals surface area contributed by atoms with Crippen LogP contribution in [0.1, 0.15) is 11.5 Å². The van der Waals surface area contributed by atoms with E-state index in [4.69, 9.17) is 0 Å². The molecule has 19 heavy (non-hydrogen) atoms. The van der Waals surface area contributed by atoms with Crippen molar-refractivity contribution in [1.82, 2.24) is 10.3 Å². The number of hydrogen-bond donors (Lipinski definition) is 1. The minimum Gasteiger partial charge on any atom is -0.359 e. The van der Waals surface area contributed by atoms with Gasteiger partial charge >= 0.3 is 0 Å². The third-order valence-electron chi connectivity index (χ3n) is 3.06. The van der Waals surface area contributed by atoms with E-state index in [9.17, 15) is 14.9 Å². The van der Waals surface area contributed by atoms with E-state index < -0.39 is 10.8 Å². The summed E-state index contributed by atoms with van der Waals surface area (Å²) in [5.74, 6) is -1.05. The smallest absolute Gasteiger partial charge is 0.266 e. The molecular weight excluding hydrogens is 246 g/mol. The first-order valence-corrected chi connectivity index (χ1v) is 5.79. The monoisotopic (exact) mass is 259 g/mol. The number of aromatic nitrogens is 1. The van der Waals surface area contributed by atoms with Gasteiger partial charge in [-0.05, 0) is 17.7 Å². The SMILES string of the molecule is CNC(=O)C1C=C([N+](=O)[O-])C=CC1c1ccncc1. The van der Waals surface area contributed by atoms with Crippen molar-refractivity contribution in [3.05, 3.63) is 64.1 Å². The van der Waals surface area contributed by atoms with Crippen LogP contribution < -0.4 is 5.32 Å². The van der Waals surface area contributed by atoms with Gasteiger partial charge in [0.15, 0.2) is 0 Å². The second-order valence-electron chi connectivity index (χ2n) is 4.15. The molecule has 2 unspecified atom stereocenters. The van der Waals surface area contributed by atoms with Crippen molar-refractivity contribution in [2.45, 2.75) is 5.92 Å². The van der Waals surface area contributed by atoms with Crippen LogP contribution in [0.15, 0.2) is 48.5 Å². The number of nitrogens with zero attached hydrogens (tertiary/aromatic N) is 2. The van der Waals surface area contributed by atoms with Gasteiger partial charge in [-0.3, -0.25) is 19.9 Å². The van der Waals surface area contributed by atoms with Gasteiger partial charge in [0.05, 0.1) is 10.8 Å². The quantitative estimate of drug-likeness (QED) is 0.654. The molecule has 2 atom stereocenters. The molecule has 0 radical (unpaired) electrons. The summed E-state index contributed by atoms with van der Waals surface area (Å²) in [5, 5.41) is 13.3. The van der Waals surface area contributed by atoms with Gasteiger partial charge in [-0.15, -0.1) is 0 Å². The van der Waals surface area contributed by atoms with E-state index in [1.807, 2.05) is 0 Å². The molecule has 0 saturated carbocycles. The van der Waals surface area contributed by atoms with Crippen LogP contribution in [0.2, 0.25) is 0 Å². The van der Waals surface area contributed by atoms with Crippen molar-refractivity contribution in [2.75, 3.05) is 7.05 Å². The van der Waals surface area contributed by atoms with Gasteiger partial charge in [0, 0.05) is 37.5 Å². The largest absolute Gasteiger partial charge is 0.359 e. The topological polar surface area (TPSA) is 85.1 Å². The van der Waals surface area contributed by atoms with Crippen LogP contribution in [0, 0.1) is 16.0 Å². The maximum absolute atomic E-state index is 11.9. The Morgan fingerprint density at radius 2 is 2.11 bits per heavy atom. The lowest BCUT2D eigenvalue weighted by Gasteiger charge is -2.22. The molecule has 0 bridgehead atoms. The molecule has 0 fully saturated rings. The molecule has 0 saturated heterocycles. The molecule has 1 aromatic rings. The van der Waals surface area contributed by atoms with E-state index in [2.05, 4.69) is 10.3 Å². The number of carbonyl (C=O) groups excluding carboxylic acids is 1. The molecule has 0 aliphatic heterocycles. The van der Waals surface area contributed by atoms with E-state index in [0.717, 1.165) is 5.56 Å². The Hall–Kier alpha value is -2.50. The van der Waals surface area contributed by atoms with Crippen LogP contribution in [0.3, 0.4) is 0 Å². The van der Waals surface area contributed by atoms with Crippen molar-refractivity contribution >= 4 is 5.91 Å². The first-order chi connectivity index (χ1) is 9.13. The van der Waals surface area contributed by atoms with Crippen molar-refractivity contribution < 1.29 is 9.72 Å². The Balaban J connectivity index is 2.37. The van der Waals surface area contributed by atoms with E-state index in [-0.39, 0.29) is 17.5 Å². The first-order valence-electron chi connectivity index (χ1n) is 5.79.